The average molecular weight is 314 g/mol. The number of rotatable bonds is 6. The monoisotopic (exact) mass is 314 g/mol. The molecule has 0 aliphatic carbocycles. The van der Waals surface area contributed by atoms with Gasteiger partial charge in [-0.2, -0.15) is 0 Å². The molecule has 1 aromatic rings. The molecule has 2 rings (SSSR count). The summed E-state index contributed by atoms with van der Waals surface area (Å²) in [7, 11) is -3.38. The minimum absolute atomic E-state index is 0.353. The van der Waals surface area contributed by atoms with E-state index in [1.165, 1.54) is 12.8 Å². The van der Waals surface area contributed by atoms with Gasteiger partial charge in [-0.3, -0.25) is 0 Å². The van der Waals surface area contributed by atoms with Crippen LogP contribution in [0.1, 0.15) is 19.3 Å². The lowest BCUT2D eigenvalue weighted by Crippen LogP contribution is -2.33. The lowest BCUT2D eigenvalue weighted by atomic mass is 9.96. The van der Waals surface area contributed by atoms with Crippen LogP contribution in [0.2, 0.25) is 0 Å². The van der Waals surface area contributed by atoms with Crippen molar-refractivity contribution in [1.29, 1.82) is 0 Å². The zero-order valence-corrected chi connectivity index (χ0v) is 13.4. The van der Waals surface area contributed by atoms with Crippen molar-refractivity contribution in [1.82, 2.24) is 10.0 Å². The Labute approximate surface area is 125 Å². The van der Waals surface area contributed by atoms with Gasteiger partial charge in [-0.05, 0) is 62.7 Å². The van der Waals surface area contributed by atoms with Crippen molar-refractivity contribution in [2.24, 2.45) is 5.92 Å². The van der Waals surface area contributed by atoms with Crippen LogP contribution in [0.25, 0.3) is 0 Å². The lowest BCUT2D eigenvalue weighted by molar-refractivity contribution is 0.358. The van der Waals surface area contributed by atoms with Crippen molar-refractivity contribution in [3.05, 3.63) is 24.3 Å². The molecule has 112 valence electrons. The highest BCUT2D eigenvalue weighted by molar-refractivity contribution is 7.98. The second-order valence-electron chi connectivity index (χ2n) is 5.08. The van der Waals surface area contributed by atoms with Crippen molar-refractivity contribution in [3.8, 4) is 0 Å². The topological polar surface area (TPSA) is 58.2 Å². The fraction of sp³-hybridized carbons (Fsp3) is 0.571. The first kappa shape index (κ1) is 15.8. The van der Waals surface area contributed by atoms with Gasteiger partial charge in [0.05, 0.1) is 4.90 Å². The van der Waals surface area contributed by atoms with Gasteiger partial charge in [0, 0.05) is 11.4 Å². The highest BCUT2D eigenvalue weighted by atomic mass is 32.2. The molecule has 1 saturated heterocycles. The summed E-state index contributed by atoms with van der Waals surface area (Å²) in [5, 5.41) is 3.35. The van der Waals surface area contributed by atoms with Gasteiger partial charge in [-0.15, -0.1) is 11.8 Å². The minimum atomic E-state index is -3.38. The van der Waals surface area contributed by atoms with E-state index >= 15 is 0 Å². The van der Waals surface area contributed by atoms with Gasteiger partial charge in [0.2, 0.25) is 10.0 Å². The second-order valence-corrected chi connectivity index (χ2v) is 7.72. The first-order valence-corrected chi connectivity index (χ1v) is 9.67. The molecule has 1 unspecified atom stereocenters. The quantitative estimate of drug-likeness (QED) is 0.789. The first-order valence-electron chi connectivity index (χ1n) is 6.96. The molecule has 6 heteroatoms. The van der Waals surface area contributed by atoms with E-state index in [1.807, 2.05) is 12.3 Å². The SMILES string of the molecule is CSc1cccc(S(=O)(=O)NCCC2CCCNC2)c1. The number of sulfonamides is 1. The Kier molecular flexibility index (Phi) is 5.89. The Morgan fingerprint density at radius 3 is 3.00 bits per heavy atom. The van der Waals surface area contributed by atoms with Crippen LogP contribution in [0, 0.1) is 5.92 Å². The minimum Gasteiger partial charge on any atom is -0.316 e. The number of benzene rings is 1. The van der Waals surface area contributed by atoms with Crippen LogP contribution in [0.4, 0.5) is 0 Å². The van der Waals surface area contributed by atoms with Crippen LogP contribution >= 0.6 is 11.8 Å². The summed E-state index contributed by atoms with van der Waals surface area (Å²) in [6.07, 6.45) is 5.22. The molecule has 0 aromatic heterocycles. The van der Waals surface area contributed by atoms with Crippen molar-refractivity contribution < 1.29 is 8.42 Å². The number of piperidine rings is 1. The summed E-state index contributed by atoms with van der Waals surface area (Å²) in [6, 6.07) is 7.06. The van der Waals surface area contributed by atoms with E-state index < -0.39 is 10.0 Å². The summed E-state index contributed by atoms with van der Waals surface area (Å²) in [4.78, 5) is 1.32. The lowest BCUT2D eigenvalue weighted by Gasteiger charge is -2.22. The van der Waals surface area contributed by atoms with Gasteiger partial charge in [-0.25, -0.2) is 13.1 Å². The van der Waals surface area contributed by atoms with E-state index in [2.05, 4.69) is 10.0 Å². The third-order valence-corrected chi connectivity index (χ3v) is 5.78. The Balaban J connectivity index is 1.89. The van der Waals surface area contributed by atoms with Gasteiger partial charge >= 0.3 is 0 Å². The highest BCUT2D eigenvalue weighted by Crippen LogP contribution is 2.19. The van der Waals surface area contributed by atoms with Crippen LogP contribution in [0.15, 0.2) is 34.1 Å². The molecule has 1 aliphatic heterocycles. The first-order chi connectivity index (χ1) is 9.62. The molecule has 1 fully saturated rings. The Bertz CT molecular complexity index is 526. The zero-order valence-electron chi connectivity index (χ0n) is 11.8. The van der Waals surface area contributed by atoms with Crippen LogP contribution in [-0.2, 0) is 10.0 Å². The highest BCUT2D eigenvalue weighted by Gasteiger charge is 2.16. The molecule has 0 saturated carbocycles. The van der Waals surface area contributed by atoms with E-state index in [9.17, 15) is 8.42 Å². The fourth-order valence-electron chi connectivity index (χ4n) is 2.42. The van der Waals surface area contributed by atoms with E-state index in [1.54, 1.807) is 30.0 Å². The maximum absolute atomic E-state index is 12.2. The second kappa shape index (κ2) is 7.45. The Morgan fingerprint density at radius 2 is 2.30 bits per heavy atom. The standard InChI is InChI=1S/C14H22N2O2S2/c1-19-13-5-2-6-14(10-13)20(17,18)16-9-7-12-4-3-8-15-11-12/h2,5-6,10,12,15-16H,3-4,7-9,11H2,1H3. The van der Waals surface area contributed by atoms with Gasteiger partial charge in [-0.1, -0.05) is 6.07 Å². The van der Waals surface area contributed by atoms with Crippen molar-refractivity contribution in [2.75, 3.05) is 25.9 Å². The van der Waals surface area contributed by atoms with Crippen LogP contribution in [0.5, 0.6) is 0 Å². The van der Waals surface area contributed by atoms with Crippen LogP contribution in [-0.4, -0.2) is 34.3 Å². The predicted molar refractivity (Wildman–Crippen MR) is 83.6 cm³/mol. The molecule has 2 N–H and O–H groups in total. The van der Waals surface area contributed by atoms with Gasteiger partial charge in [0.1, 0.15) is 0 Å². The van der Waals surface area contributed by atoms with E-state index in [0.29, 0.717) is 17.4 Å². The normalized spacial score (nSPS) is 19.9. The molecule has 1 aromatic carbocycles. The fourth-order valence-corrected chi connectivity index (χ4v) is 4.05. The van der Waals surface area contributed by atoms with Crippen LogP contribution < -0.4 is 10.0 Å². The molecular formula is C14H22N2O2S2. The average Bonchev–Trinajstić information content (AvgIpc) is 2.48. The summed E-state index contributed by atoms with van der Waals surface area (Å²) < 4.78 is 27.1. The van der Waals surface area contributed by atoms with Crippen molar-refractivity contribution in [2.45, 2.75) is 29.1 Å². The predicted octanol–water partition coefficient (Wildman–Crippen LogP) is 2.08. The molecule has 0 amide bonds. The largest absolute Gasteiger partial charge is 0.316 e. The molecular weight excluding hydrogens is 292 g/mol. The smallest absolute Gasteiger partial charge is 0.240 e. The van der Waals surface area contributed by atoms with Crippen LogP contribution in [0.3, 0.4) is 0 Å². The molecule has 20 heavy (non-hydrogen) atoms. The van der Waals surface area contributed by atoms with Gasteiger partial charge < -0.3 is 5.32 Å². The van der Waals surface area contributed by atoms with E-state index in [0.717, 1.165) is 24.4 Å². The third-order valence-electron chi connectivity index (χ3n) is 3.60. The molecule has 0 bridgehead atoms. The summed E-state index contributed by atoms with van der Waals surface area (Å²) in [6.45, 7) is 2.60. The van der Waals surface area contributed by atoms with Gasteiger partial charge in [0.25, 0.3) is 0 Å². The molecule has 0 spiro atoms. The summed E-state index contributed by atoms with van der Waals surface area (Å²) in [5.41, 5.74) is 0. The van der Waals surface area contributed by atoms with Gasteiger partial charge in [0.15, 0.2) is 0 Å². The molecule has 0 radical (unpaired) electrons. The number of thioether (sulfide) groups is 1. The molecule has 1 atom stereocenters. The van der Waals surface area contributed by atoms with E-state index in [4.69, 9.17) is 0 Å². The number of hydrogen-bond donors (Lipinski definition) is 2. The zero-order chi connectivity index (χ0) is 14.4. The van der Waals surface area contributed by atoms with E-state index in [-0.39, 0.29) is 0 Å². The summed E-state index contributed by atoms with van der Waals surface area (Å²) >= 11 is 1.55. The third kappa shape index (κ3) is 4.48. The Hall–Kier alpha value is -0.560. The molecule has 1 heterocycles. The number of hydrogen-bond acceptors (Lipinski definition) is 4. The molecule has 4 nitrogen and oxygen atoms in total. The Morgan fingerprint density at radius 1 is 1.45 bits per heavy atom. The van der Waals surface area contributed by atoms with Crippen molar-refractivity contribution >= 4 is 21.8 Å². The summed E-state index contributed by atoms with van der Waals surface area (Å²) in [5.74, 6) is 0.587. The maximum Gasteiger partial charge on any atom is 0.240 e. The number of nitrogens with one attached hydrogen (secondary N) is 2. The maximum atomic E-state index is 12.2. The molecule has 1 aliphatic rings. The van der Waals surface area contributed by atoms with Crippen molar-refractivity contribution in [3.63, 3.8) is 0 Å².